The van der Waals surface area contributed by atoms with Crippen LogP contribution in [0.25, 0.3) is 5.78 Å². The van der Waals surface area contributed by atoms with Crippen molar-refractivity contribution in [2.75, 3.05) is 7.11 Å². The van der Waals surface area contributed by atoms with E-state index in [9.17, 15) is 0 Å². The zero-order chi connectivity index (χ0) is 13.3. The van der Waals surface area contributed by atoms with E-state index < -0.39 is 0 Å². The number of nitrogens with zero attached hydrogens (tertiary/aromatic N) is 4. The maximum Gasteiger partial charge on any atom is 0.237 e. The summed E-state index contributed by atoms with van der Waals surface area (Å²) < 4.78 is 7.05. The predicted octanol–water partition coefficient (Wildman–Crippen LogP) is 0.703. The molecule has 0 aliphatic carbocycles. The van der Waals surface area contributed by atoms with Gasteiger partial charge >= 0.3 is 0 Å². The number of aromatic nitrogens is 3. The highest BCUT2D eigenvalue weighted by molar-refractivity contribution is 5.95. The minimum absolute atomic E-state index is 0.0445. The quantitative estimate of drug-likeness (QED) is 0.361. The topological polar surface area (TPSA) is 98.0 Å². The van der Waals surface area contributed by atoms with Gasteiger partial charge in [0.15, 0.2) is 5.84 Å². The number of imidazole rings is 1. The van der Waals surface area contributed by atoms with E-state index in [0.717, 1.165) is 17.7 Å². The zero-order valence-corrected chi connectivity index (χ0v) is 10.5. The van der Waals surface area contributed by atoms with E-state index >= 15 is 0 Å². The third-order valence-corrected chi connectivity index (χ3v) is 2.86. The van der Waals surface area contributed by atoms with Crippen LogP contribution in [-0.2, 0) is 6.42 Å². The van der Waals surface area contributed by atoms with Gasteiger partial charge in [-0.15, -0.1) is 0 Å². The Labute approximate surface area is 104 Å². The van der Waals surface area contributed by atoms with Gasteiger partial charge in [-0.1, -0.05) is 12.1 Å². The fourth-order valence-electron chi connectivity index (χ4n) is 1.91. The molecule has 0 aliphatic rings. The Morgan fingerprint density at radius 2 is 2.28 bits per heavy atom. The van der Waals surface area contributed by atoms with Gasteiger partial charge in [-0.25, -0.2) is 4.98 Å². The van der Waals surface area contributed by atoms with Crippen LogP contribution in [0.1, 0.15) is 23.9 Å². The van der Waals surface area contributed by atoms with Crippen molar-refractivity contribution < 1.29 is 9.94 Å². The minimum atomic E-state index is -0.0445. The largest absolute Gasteiger partial charge is 0.481 e. The molecule has 2 aromatic heterocycles. The molecule has 0 aliphatic heterocycles. The molecule has 0 unspecified atom stereocenters. The lowest BCUT2D eigenvalue weighted by Crippen LogP contribution is -2.13. The smallest absolute Gasteiger partial charge is 0.237 e. The molecule has 7 heteroatoms. The highest BCUT2D eigenvalue weighted by Gasteiger charge is 2.14. The van der Waals surface area contributed by atoms with Crippen LogP contribution in [0.15, 0.2) is 11.4 Å². The highest BCUT2D eigenvalue weighted by Crippen LogP contribution is 2.21. The summed E-state index contributed by atoms with van der Waals surface area (Å²) in [5.41, 5.74) is 7.88. The zero-order valence-electron chi connectivity index (χ0n) is 10.5. The Morgan fingerprint density at radius 1 is 1.56 bits per heavy atom. The van der Waals surface area contributed by atoms with Crippen molar-refractivity contribution in [3.63, 3.8) is 0 Å². The number of hydrogen-bond acceptors (Lipinski definition) is 5. The molecule has 3 N–H and O–H groups in total. The highest BCUT2D eigenvalue weighted by atomic mass is 16.5. The average molecular weight is 249 g/mol. The van der Waals surface area contributed by atoms with Gasteiger partial charge in [-0.2, -0.15) is 4.98 Å². The second-order valence-corrected chi connectivity index (χ2v) is 3.82. The third kappa shape index (κ3) is 1.73. The van der Waals surface area contributed by atoms with Crippen LogP contribution in [0.2, 0.25) is 0 Å². The average Bonchev–Trinajstić information content (AvgIpc) is 2.81. The molecule has 2 heterocycles. The SMILES string of the molecule is CCc1c(OC)nc2nc(/C(N)=N\O)cn2c1C. The summed E-state index contributed by atoms with van der Waals surface area (Å²) in [4.78, 5) is 8.48. The number of aryl methyl sites for hydroxylation is 1. The Morgan fingerprint density at radius 3 is 2.83 bits per heavy atom. The van der Waals surface area contributed by atoms with E-state index in [0.29, 0.717) is 17.4 Å². The summed E-state index contributed by atoms with van der Waals surface area (Å²) in [6.07, 6.45) is 2.49. The van der Waals surface area contributed by atoms with Crippen LogP contribution in [0.5, 0.6) is 5.88 Å². The van der Waals surface area contributed by atoms with Crippen LogP contribution in [0.4, 0.5) is 0 Å². The second kappa shape index (κ2) is 4.52. The normalized spacial score (nSPS) is 12.1. The van der Waals surface area contributed by atoms with Crippen molar-refractivity contribution >= 4 is 11.6 Å². The minimum Gasteiger partial charge on any atom is -0.481 e. The molecule has 96 valence electrons. The van der Waals surface area contributed by atoms with E-state index in [1.54, 1.807) is 17.7 Å². The first-order chi connectivity index (χ1) is 8.62. The van der Waals surface area contributed by atoms with E-state index in [1.807, 2.05) is 13.8 Å². The van der Waals surface area contributed by atoms with Crippen molar-refractivity contribution in [1.29, 1.82) is 0 Å². The van der Waals surface area contributed by atoms with Gasteiger partial charge in [0.1, 0.15) is 5.69 Å². The van der Waals surface area contributed by atoms with Gasteiger partial charge < -0.3 is 15.7 Å². The Kier molecular flexibility index (Phi) is 3.05. The van der Waals surface area contributed by atoms with E-state index in [2.05, 4.69) is 15.1 Å². The van der Waals surface area contributed by atoms with Gasteiger partial charge in [-0.05, 0) is 13.3 Å². The number of hydrogen-bond donors (Lipinski definition) is 2. The molecule has 7 nitrogen and oxygen atoms in total. The summed E-state index contributed by atoms with van der Waals surface area (Å²) in [5.74, 6) is 0.972. The number of amidine groups is 1. The number of fused-ring (bicyclic) bond motifs is 1. The molecule has 0 aromatic carbocycles. The van der Waals surface area contributed by atoms with Crippen LogP contribution < -0.4 is 10.5 Å². The lowest BCUT2D eigenvalue weighted by molar-refractivity contribution is 0.318. The molecule has 0 saturated carbocycles. The summed E-state index contributed by atoms with van der Waals surface area (Å²) in [5, 5.41) is 11.6. The predicted molar refractivity (Wildman–Crippen MR) is 66.2 cm³/mol. The molecule has 0 radical (unpaired) electrons. The summed E-state index contributed by atoms with van der Waals surface area (Å²) >= 11 is 0. The van der Waals surface area contributed by atoms with Gasteiger partial charge in [0, 0.05) is 17.5 Å². The molecule has 0 amide bonds. The summed E-state index contributed by atoms with van der Waals surface area (Å²) in [7, 11) is 1.57. The first-order valence-corrected chi connectivity index (χ1v) is 5.52. The molecule has 2 aromatic rings. The maximum atomic E-state index is 8.65. The van der Waals surface area contributed by atoms with Gasteiger partial charge in [0.05, 0.1) is 7.11 Å². The van der Waals surface area contributed by atoms with Crippen LogP contribution in [-0.4, -0.2) is 32.5 Å². The third-order valence-electron chi connectivity index (χ3n) is 2.86. The fraction of sp³-hybridized carbons (Fsp3) is 0.364. The molecular weight excluding hydrogens is 234 g/mol. The van der Waals surface area contributed by atoms with E-state index in [1.165, 1.54) is 0 Å². The molecule has 2 rings (SSSR count). The number of methoxy groups -OCH3 is 1. The van der Waals surface area contributed by atoms with E-state index in [4.69, 9.17) is 15.7 Å². The van der Waals surface area contributed by atoms with Crippen molar-refractivity contribution in [1.82, 2.24) is 14.4 Å². The Bertz CT molecular complexity index is 617. The van der Waals surface area contributed by atoms with Crippen molar-refractivity contribution in [2.24, 2.45) is 10.9 Å². The summed E-state index contributed by atoms with van der Waals surface area (Å²) in [6, 6.07) is 0. The molecule has 0 bridgehead atoms. The number of oxime groups is 1. The van der Waals surface area contributed by atoms with Crippen molar-refractivity contribution in [3.8, 4) is 5.88 Å². The molecule has 0 fully saturated rings. The van der Waals surface area contributed by atoms with Gasteiger partial charge in [0.2, 0.25) is 11.7 Å². The maximum absolute atomic E-state index is 8.65. The number of ether oxygens (including phenoxy) is 1. The van der Waals surface area contributed by atoms with Crippen LogP contribution in [0.3, 0.4) is 0 Å². The lowest BCUT2D eigenvalue weighted by atomic mass is 10.2. The summed E-state index contributed by atoms with van der Waals surface area (Å²) in [6.45, 7) is 3.98. The Hall–Kier alpha value is -2.31. The molecule has 0 atom stereocenters. The number of rotatable bonds is 3. The molecule has 0 spiro atoms. The standard InChI is InChI=1S/C11H15N5O2/c1-4-7-6(2)16-5-8(9(12)15-17)13-11(16)14-10(7)18-3/h5,17H,4H2,1-3H3,(H2,12,15). The molecule has 0 saturated heterocycles. The van der Waals surface area contributed by atoms with Gasteiger partial charge in [-0.3, -0.25) is 4.40 Å². The molecule has 18 heavy (non-hydrogen) atoms. The second-order valence-electron chi connectivity index (χ2n) is 3.82. The lowest BCUT2D eigenvalue weighted by Gasteiger charge is -2.10. The van der Waals surface area contributed by atoms with Crippen LogP contribution in [0, 0.1) is 6.92 Å². The Balaban J connectivity index is 2.73. The number of nitrogens with two attached hydrogens (primary N) is 1. The fourth-order valence-corrected chi connectivity index (χ4v) is 1.91. The van der Waals surface area contributed by atoms with Crippen LogP contribution >= 0.6 is 0 Å². The van der Waals surface area contributed by atoms with Gasteiger partial charge in [0.25, 0.3) is 0 Å². The van der Waals surface area contributed by atoms with E-state index in [-0.39, 0.29) is 5.84 Å². The van der Waals surface area contributed by atoms with Crippen molar-refractivity contribution in [2.45, 2.75) is 20.3 Å². The van der Waals surface area contributed by atoms with Crippen molar-refractivity contribution in [3.05, 3.63) is 23.1 Å². The monoisotopic (exact) mass is 249 g/mol. The first-order valence-electron chi connectivity index (χ1n) is 5.52. The molecular formula is C11H15N5O2. The first kappa shape index (κ1) is 12.2.